The molecule has 1 aromatic heterocycles. The fourth-order valence-electron chi connectivity index (χ4n) is 4.27. The van der Waals surface area contributed by atoms with Crippen molar-refractivity contribution in [1.29, 1.82) is 0 Å². The van der Waals surface area contributed by atoms with E-state index in [-0.39, 0.29) is 31.1 Å². The van der Waals surface area contributed by atoms with Crippen LogP contribution in [0.3, 0.4) is 0 Å². The summed E-state index contributed by atoms with van der Waals surface area (Å²) in [4.78, 5) is 25.4. The first-order chi connectivity index (χ1) is 14.0. The largest absolute Gasteiger partial charge is 0.477 e. The molecule has 1 aliphatic heterocycles. The van der Waals surface area contributed by atoms with E-state index in [1.165, 1.54) is 9.47 Å². The van der Waals surface area contributed by atoms with Crippen molar-refractivity contribution in [3.63, 3.8) is 0 Å². The molecule has 0 bridgehead atoms. The van der Waals surface area contributed by atoms with Gasteiger partial charge in [0, 0.05) is 31.4 Å². The Kier molecular flexibility index (Phi) is 4.80. The highest BCUT2D eigenvalue weighted by Crippen LogP contribution is 2.46. The third-order valence-electron chi connectivity index (χ3n) is 5.98. The van der Waals surface area contributed by atoms with Crippen molar-refractivity contribution in [3.8, 4) is 0 Å². The molecule has 2 aromatic rings. The summed E-state index contributed by atoms with van der Waals surface area (Å²) in [6.45, 7) is 2.14. The normalized spacial score (nSPS) is 20.7. The molecule has 0 amide bonds. The van der Waals surface area contributed by atoms with Crippen LogP contribution in [0.2, 0.25) is 0 Å². The SMILES string of the molecule is C[C@@H](N)[C@H]1CCN(c2c(F)cc3c(=O)c(C(=O)O)cn(C4CC4)c3c2C(F)(F)F)C1. The van der Waals surface area contributed by atoms with Crippen LogP contribution in [-0.2, 0) is 6.18 Å². The summed E-state index contributed by atoms with van der Waals surface area (Å²) in [7, 11) is 0. The number of aromatic nitrogens is 1. The molecule has 162 valence electrons. The van der Waals surface area contributed by atoms with Crippen LogP contribution in [0, 0.1) is 11.7 Å². The minimum Gasteiger partial charge on any atom is -0.477 e. The highest BCUT2D eigenvalue weighted by molar-refractivity contribution is 5.95. The lowest BCUT2D eigenvalue weighted by Crippen LogP contribution is -2.31. The maximum Gasteiger partial charge on any atom is 0.420 e. The zero-order chi connectivity index (χ0) is 22.0. The molecule has 1 saturated carbocycles. The van der Waals surface area contributed by atoms with Crippen molar-refractivity contribution < 1.29 is 27.5 Å². The minimum absolute atomic E-state index is 0.0822. The number of carbonyl (C=O) groups is 1. The molecule has 0 unspecified atom stereocenters. The summed E-state index contributed by atoms with van der Waals surface area (Å²) in [5, 5.41) is 8.74. The highest BCUT2D eigenvalue weighted by Gasteiger charge is 2.43. The number of alkyl halides is 3. The lowest BCUT2D eigenvalue weighted by atomic mass is 10.0. The van der Waals surface area contributed by atoms with Gasteiger partial charge in [0.1, 0.15) is 16.9 Å². The Hall–Kier alpha value is -2.62. The highest BCUT2D eigenvalue weighted by atomic mass is 19.4. The van der Waals surface area contributed by atoms with E-state index < -0.39 is 51.1 Å². The molecule has 4 rings (SSSR count). The molecule has 2 atom stereocenters. The second-order valence-electron chi connectivity index (χ2n) is 8.15. The van der Waals surface area contributed by atoms with Gasteiger partial charge in [0.05, 0.1) is 16.6 Å². The molecule has 3 N–H and O–H groups in total. The summed E-state index contributed by atoms with van der Waals surface area (Å²) < 4.78 is 59.1. The van der Waals surface area contributed by atoms with Crippen molar-refractivity contribution >= 4 is 22.6 Å². The number of benzene rings is 1. The number of hydrogen-bond acceptors (Lipinski definition) is 4. The average Bonchev–Trinajstić information content (AvgIpc) is 3.36. The Labute approximate surface area is 168 Å². The third-order valence-corrected chi connectivity index (χ3v) is 5.98. The quantitative estimate of drug-likeness (QED) is 0.731. The smallest absolute Gasteiger partial charge is 0.420 e. The van der Waals surface area contributed by atoms with Crippen molar-refractivity contribution in [3.05, 3.63) is 39.4 Å². The molecule has 1 aliphatic carbocycles. The zero-order valence-corrected chi connectivity index (χ0v) is 16.2. The van der Waals surface area contributed by atoms with E-state index in [9.17, 15) is 27.9 Å². The van der Waals surface area contributed by atoms with Gasteiger partial charge in [0.2, 0.25) is 5.43 Å². The summed E-state index contributed by atoms with van der Waals surface area (Å²) in [5.41, 5.74) is 1.79. The summed E-state index contributed by atoms with van der Waals surface area (Å²) in [5.74, 6) is -2.84. The molecular weight excluding hydrogens is 406 g/mol. The Morgan fingerprint density at radius 3 is 2.47 bits per heavy atom. The summed E-state index contributed by atoms with van der Waals surface area (Å²) in [6.07, 6.45) is -2.36. The van der Waals surface area contributed by atoms with Crippen LogP contribution in [0.5, 0.6) is 0 Å². The molecular formula is C20H21F4N3O3. The van der Waals surface area contributed by atoms with Gasteiger partial charge in [-0.15, -0.1) is 0 Å². The maximum absolute atomic E-state index is 15.1. The second kappa shape index (κ2) is 6.97. The van der Waals surface area contributed by atoms with Gasteiger partial charge in [0.15, 0.2) is 0 Å². The fraction of sp³-hybridized carbons (Fsp3) is 0.500. The van der Waals surface area contributed by atoms with E-state index >= 15 is 4.39 Å². The second-order valence-corrected chi connectivity index (χ2v) is 8.15. The van der Waals surface area contributed by atoms with Crippen LogP contribution in [0.4, 0.5) is 23.2 Å². The molecule has 30 heavy (non-hydrogen) atoms. The zero-order valence-electron chi connectivity index (χ0n) is 16.2. The number of nitrogens with zero attached hydrogens (tertiary/aromatic N) is 2. The first-order valence-electron chi connectivity index (χ1n) is 9.73. The number of hydrogen-bond donors (Lipinski definition) is 2. The number of pyridine rings is 1. The minimum atomic E-state index is -4.95. The van der Waals surface area contributed by atoms with Gasteiger partial charge >= 0.3 is 12.1 Å². The first-order valence-corrected chi connectivity index (χ1v) is 9.73. The molecule has 0 spiro atoms. The molecule has 10 heteroatoms. The van der Waals surface area contributed by atoms with Gasteiger partial charge in [-0.05, 0) is 38.2 Å². The van der Waals surface area contributed by atoms with Crippen LogP contribution in [0.1, 0.15) is 48.1 Å². The maximum atomic E-state index is 15.1. The number of nitrogens with two attached hydrogens (primary N) is 1. The number of halogens is 4. The van der Waals surface area contributed by atoms with Crippen molar-refractivity contribution in [2.24, 2.45) is 11.7 Å². The number of carboxylic acids is 1. The number of rotatable bonds is 4. The van der Waals surface area contributed by atoms with Gasteiger partial charge < -0.3 is 20.3 Å². The molecule has 0 radical (unpaired) electrons. The van der Waals surface area contributed by atoms with Gasteiger partial charge in [-0.2, -0.15) is 13.2 Å². The first kappa shape index (κ1) is 20.6. The monoisotopic (exact) mass is 427 g/mol. The Morgan fingerprint density at radius 1 is 1.30 bits per heavy atom. The Morgan fingerprint density at radius 2 is 1.97 bits per heavy atom. The van der Waals surface area contributed by atoms with E-state index in [2.05, 4.69) is 0 Å². The Bertz CT molecular complexity index is 1090. The van der Waals surface area contributed by atoms with Crippen LogP contribution in [-0.4, -0.2) is 34.8 Å². The van der Waals surface area contributed by atoms with Crippen molar-refractivity contribution in [2.45, 2.75) is 44.4 Å². The lowest BCUT2D eigenvalue weighted by molar-refractivity contribution is -0.136. The molecule has 1 saturated heterocycles. The van der Waals surface area contributed by atoms with Crippen LogP contribution < -0.4 is 16.1 Å². The fourth-order valence-corrected chi connectivity index (χ4v) is 4.27. The van der Waals surface area contributed by atoms with E-state index in [0.29, 0.717) is 19.3 Å². The molecule has 1 aromatic carbocycles. The third kappa shape index (κ3) is 3.32. The van der Waals surface area contributed by atoms with E-state index in [0.717, 1.165) is 12.3 Å². The average molecular weight is 427 g/mol. The van der Waals surface area contributed by atoms with Gasteiger partial charge in [0.25, 0.3) is 0 Å². The molecule has 6 nitrogen and oxygen atoms in total. The van der Waals surface area contributed by atoms with Crippen molar-refractivity contribution in [1.82, 2.24) is 4.57 Å². The number of anilines is 1. The van der Waals surface area contributed by atoms with E-state index in [4.69, 9.17) is 5.73 Å². The predicted molar refractivity (Wildman–Crippen MR) is 102 cm³/mol. The predicted octanol–water partition coefficient (Wildman–Crippen LogP) is 3.37. The topological polar surface area (TPSA) is 88.6 Å². The van der Waals surface area contributed by atoms with Gasteiger partial charge in [-0.3, -0.25) is 4.79 Å². The number of carboxylic acid groups (broad SMARTS) is 1. The molecule has 2 fully saturated rings. The number of aromatic carboxylic acids is 1. The summed E-state index contributed by atoms with van der Waals surface area (Å²) in [6, 6.07) is 0.129. The Balaban J connectivity index is 2.06. The van der Waals surface area contributed by atoms with Crippen LogP contribution in [0.15, 0.2) is 17.1 Å². The number of fused-ring (bicyclic) bond motifs is 1. The van der Waals surface area contributed by atoms with Gasteiger partial charge in [-0.1, -0.05) is 0 Å². The lowest BCUT2D eigenvalue weighted by Gasteiger charge is -2.27. The van der Waals surface area contributed by atoms with E-state index in [1.54, 1.807) is 6.92 Å². The van der Waals surface area contributed by atoms with Crippen molar-refractivity contribution in [2.75, 3.05) is 18.0 Å². The van der Waals surface area contributed by atoms with Crippen LogP contribution >= 0.6 is 0 Å². The van der Waals surface area contributed by atoms with Gasteiger partial charge in [-0.25, -0.2) is 9.18 Å². The van der Waals surface area contributed by atoms with Crippen LogP contribution in [0.25, 0.3) is 10.9 Å². The molecule has 2 aliphatic rings. The molecule has 2 heterocycles. The van der Waals surface area contributed by atoms with E-state index in [1.807, 2.05) is 0 Å². The standard InChI is InChI=1S/C20H21F4N3O3/c1-9(25)10-4-5-26(7-10)17-14(21)6-12-16(15(17)20(22,23)24)27(11-2-3-11)8-13(18(12)28)19(29)30/h6,8-11H,2-5,7,25H2,1H3,(H,29,30)/t9-,10+/m1/s1. The summed E-state index contributed by atoms with van der Waals surface area (Å²) >= 11 is 0.